The number of urea groups is 1. The van der Waals surface area contributed by atoms with Gasteiger partial charge in [0.15, 0.2) is 0 Å². The van der Waals surface area contributed by atoms with Gasteiger partial charge in [0.2, 0.25) is 0 Å². The van der Waals surface area contributed by atoms with Crippen LogP contribution < -0.4 is 5.32 Å². The van der Waals surface area contributed by atoms with Gasteiger partial charge in [0.25, 0.3) is 0 Å². The largest absolute Gasteiger partial charge is 0.393 e. The van der Waals surface area contributed by atoms with E-state index in [1.54, 1.807) is 24.0 Å². The Labute approximate surface area is 112 Å². The zero-order valence-corrected chi connectivity index (χ0v) is 11.0. The Morgan fingerprint density at radius 1 is 1.58 bits per heavy atom. The number of aliphatic hydroxyl groups is 1. The van der Waals surface area contributed by atoms with Crippen molar-refractivity contribution >= 4 is 11.7 Å². The number of rotatable bonds is 3. The lowest BCUT2D eigenvalue weighted by atomic mass is 10.1. The first kappa shape index (κ1) is 13.8. The quantitative estimate of drug-likeness (QED) is 0.883. The van der Waals surface area contributed by atoms with Crippen LogP contribution in [0.15, 0.2) is 24.3 Å². The van der Waals surface area contributed by atoms with Crippen LogP contribution >= 0.6 is 0 Å². The van der Waals surface area contributed by atoms with Gasteiger partial charge in [0.05, 0.1) is 11.8 Å². The molecule has 1 aliphatic rings. The van der Waals surface area contributed by atoms with Gasteiger partial charge in [-0.3, -0.25) is 0 Å². The van der Waals surface area contributed by atoms with E-state index in [-0.39, 0.29) is 17.8 Å². The smallest absolute Gasteiger partial charge is 0.322 e. The number of amides is 2. The monoisotopic (exact) mass is 266 g/mol. The molecule has 0 saturated carbocycles. The van der Waals surface area contributed by atoms with Crippen LogP contribution in [0.2, 0.25) is 0 Å². The molecular formula is C14H19FN2O2. The van der Waals surface area contributed by atoms with E-state index in [9.17, 15) is 14.3 Å². The molecule has 1 aromatic rings. The molecule has 0 radical (unpaired) electrons. The average Bonchev–Trinajstić information content (AvgIpc) is 2.79. The predicted molar refractivity (Wildman–Crippen MR) is 71.4 cm³/mol. The molecule has 2 N–H and O–H groups in total. The van der Waals surface area contributed by atoms with Gasteiger partial charge in [-0.2, -0.15) is 0 Å². The molecule has 4 nitrogen and oxygen atoms in total. The molecule has 2 unspecified atom stereocenters. The normalized spacial score (nSPS) is 20.4. The summed E-state index contributed by atoms with van der Waals surface area (Å²) in [6, 6.07) is 5.84. The summed E-state index contributed by atoms with van der Waals surface area (Å²) in [4.78, 5) is 13.8. The van der Waals surface area contributed by atoms with Crippen molar-refractivity contribution in [1.29, 1.82) is 0 Å². The van der Waals surface area contributed by atoms with Crippen molar-refractivity contribution in [1.82, 2.24) is 4.90 Å². The number of nitrogens with one attached hydrogen (secondary N) is 1. The minimum absolute atomic E-state index is 0.0340. The molecule has 2 rings (SSSR count). The highest BCUT2D eigenvalue weighted by Gasteiger charge is 2.29. The maximum absolute atomic E-state index is 13.5. The molecule has 19 heavy (non-hydrogen) atoms. The van der Waals surface area contributed by atoms with Crippen molar-refractivity contribution in [3.63, 3.8) is 0 Å². The third kappa shape index (κ3) is 3.44. The van der Waals surface area contributed by atoms with E-state index in [1.807, 2.05) is 0 Å². The predicted octanol–water partition coefficient (Wildman–Crippen LogP) is 2.59. The molecule has 5 heteroatoms. The fourth-order valence-corrected chi connectivity index (χ4v) is 2.49. The summed E-state index contributed by atoms with van der Waals surface area (Å²) in [6.45, 7) is 2.36. The van der Waals surface area contributed by atoms with Crippen molar-refractivity contribution in [2.45, 2.75) is 38.3 Å². The number of hydrogen-bond donors (Lipinski definition) is 2. The van der Waals surface area contributed by atoms with E-state index in [2.05, 4.69) is 5.32 Å². The maximum atomic E-state index is 13.5. The number of para-hydroxylation sites is 1. The van der Waals surface area contributed by atoms with Crippen LogP contribution in [-0.4, -0.2) is 34.7 Å². The zero-order valence-electron chi connectivity index (χ0n) is 11.0. The fraction of sp³-hybridized carbons (Fsp3) is 0.500. The average molecular weight is 266 g/mol. The summed E-state index contributed by atoms with van der Waals surface area (Å²) >= 11 is 0. The Bertz CT molecular complexity index is 451. The van der Waals surface area contributed by atoms with E-state index in [4.69, 9.17) is 0 Å². The van der Waals surface area contributed by atoms with E-state index in [0.717, 1.165) is 12.8 Å². The Kier molecular flexibility index (Phi) is 4.37. The molecule has 2 atom stereocenters. The van der Waals surface area contributed by atoms with Gasteiger partial charge in [-0.15, -0.1) is 0 Å². The highest BCUT2D eigenvalue weighted by molar-refractivity contribution is 5.89. The number of likely N-dealkylation sites (tertiary alicyclic amines) is 1. The number of benzene rings is 1. The van der Waals surface area contributed by atoms with Gasteiger partial charge in [0.1, 0.15) is 5.82 Å². The SMILES string of the molecule is CC(O)CC1CCCN1C(=O)Nc1ccccc1F. The summed E-state index contributed by atoms with van der Waals surface area (Å²) in [7, 11) is 0. The van der Waals surface area contributed by atoms with Gasteiger partial charge in [0, 0.05) is 12.6 Å². The molecule has 0 aliphatic carbocycles. The van der Waals surface area contributed by atoms with Crippen LogP contribution in [0, 0.1) is 5.82 Å². The lowest BCUT2D eigenvalue weighted by molar-refractivity contribution is 0.142. The fourth-order valence-electron chi connectivity index (χ4n) is 2.49. The van der Waals surface area contributed by atoms with E-state index < -0.39 is 11.9 Å². The second kappa shape index (κ2) is 6.02. The minimum Gasteiger partial charge on any atom is -0.393 e. The maximum Gasteiger partial charge on any atom is 0.322 e. The molecule has 0 bridgehead atoms. The number of nitrogens with zero attached hydrogens (tertiary/aromatic N) is 1. The first-order valence-electron chi connectivity index (χ1n) is 6.58. The Balaban J connectivity index is 2.01. The van der Waals surface area contributed by atoms with Crippen LogP contribution in [0.1, 0.15) is 26.2 Å². The molecule has 0 aromatic heterocycles. The molecule has 1 saturated heterocycles. The number of carbonyl (C=O) groups is 1. The Morgan fingerprint density at radius 2 is 2.32 bits per heavy atom. The number of aliphatic hydroxyl groups excluding tert-OH is 1. The zero-order chi connectivity index (χ0) is 13.8. The van der Waals surface area contributed by atoms with Gasteiger partial charge in [-0.25, -0.2) is 9.18 Å². The number of anilines is 1. The number of halogens is 1. The van der Waals surface area contributed by atoms with Crippen LogP contribution in [-0.2, 0) is 0 Å². The molecule has 1 aromatic carbocycles. The lowest BCUT2D eigenvalue weighted by Gasteiger charge is -2.26. The van der Waals surface area contributed by atoms with Crippen molar-refractivity contribution in [2.24, 2.45) is 0 Å². The van der Waals surface area contributed by atoms with Crippen LogP contribution in [0.4, 0.5) is 14.9 Å². The van der Waals surface area contributed by atoms with E-state index >= 15 is 0 Å². The van der Waals surface area contributed by atoms with Gasteiger partial charge in [-0.05, 0) is 38.3 Å². The van der Waals surface area contributed by atoms with Gasteiger partial charge in [-0.1, -0.05) is 12.1 Å². The Morgan fingerprint density at radius 3 is 3.00 bits per heavy atom. The summed E-state index contributed by atoms with van der Waals surface area (Å²) in [5, 5.41) is 12.0. The summed E-state index contributed by atoms with van der Waals surface area (Å²) in [5.74, 6) is -0.442. The van der Waals surface area contributed by atoms with Crippen LogP contribution in [0.5, 0.6) is 0 Å². The highest BCUT2D eigenvalue weighted by Crippen LogP contribution is 2.23. The van der Waals surface area contributed by atoms with Crippen molar-refractivity contribution in [3.8, 4) is 0 Å². The van der Waals surface area contributed by atoms with Crippen LogP contribution in [0.25, 0.3) is 0 Å². The third-order valence-electron chi connectivity index (χ3n) is 3.37. The molecule has 1 aliphatic heterocycles. The summed E-state index contributed by atoms with van der Waals surface area (Å²) in [5.41, 5.74) is 0.190. The lowest BCUT2D eigenvalue weighted by Crippen LogP contribution is -2.40. The molecule has 0 spiro atoms. The molecule has 1 fully saturated rings. The highest BCUT2D eigenvalue weighted by atomic mass is 19.1. The van der Waals surface area contributed by atoms with Crippen molar-refractivity contribution < 1.29 is 14.3 Å². The first-order chi connectivity index (χ1) is 9.08. The molecule has 104 valence electrons. The minimum atomic E-state index is -0.442. The van der Waals surface area contributed by atoms with Crippen molar-refractivity contribution in [3.05, 3.63) is 30.1 Å². The van der Waals surface area contributed by atoms with Crippen LogP contribution in [0.3, 0.4) is 0 Å². The van der Waals surface area contributed by atoms with Crippen molar-refractivity contribution in [2.75, 3.05) is 11.9 Å². The summed E-state index contributed by atoms with van der Waals surface area (Å²) in [6.07, 6.45) is 1.93. The standard InChI is InChI=1S/C14H19FN2O2/c1-10(18)9-11-5-4-8-17(11)14(19)16-13-7-3-2-6-12(13)15/h2-3,6-7,10-11,18H,4-5,8-9H2,1H3,(H,16,19). The first-order valence-corrected chi connectivity index (χ1v) is 6.58. The van der Waals surface area contributed by atoms with Gasteiger partial charge >= 0.3 is 6.03 Å². The summed E-state index contributed by atoms with van der Waals surface area (Å²) < 4.78 is 13.5. The molecule has 1 heterocycles. The second-order valence-corrected chi connectivity index (χ2v) is 4.98. The molecular weight excluding hydrogens is 247 g/mol. The topological polar surface area (TPSA) is 52.6 Å². The number of carbonyl (C=O) groups excluding carboxylic acids is 1. The Hall–Kier alpha value is -1.62. The van der Waals surface area contributed by atoms with E-state index in [1.165, 1.54) is 12.1 Å². The molecule has 2 amide bonds. The van der Waals surface area contributed by atoms with E-state index in [0.29, 0.717) is 13.0 Å². The second-order valence-electron chi connectivity index (χ2n) is 4.98. The number of hydrogen-bond acceptors (Lipinski definition) is 2. The third-order valence-corrected chi connectivity index (χ3v) is 3.37. The van der Waals surface area contributed by atoms with Gasteiger partial charge < -0.3 is 15.3 Å².